The summed E-state index contributed by atoms with van der Waals surface area (Å²) >= 11 is 7.39. The van der Waals surface area contributed by atoms with E-state index in [1.165, 1.54) is 6.42 Å². The zero-order chi connectivity index (χ0) is 24.6. The number of nitrogens with one attached hydrogen (secondary N) is 1. The Labute approximate surface area is 240 Å². The molecule has 0 saturated carbocycles. The van der Waals surface area contributed by atoms with Crippen molar-refractivity contribution in [3.05, 3.63) is 0 Å². The van der Waals surface area contributed by atoms with E-state index in [1.54, 1.807) is 6.92 Å². The van der Waals surface area contributed by atoms with Crippen LogP contribution < -0.4 is 0 Å². The molecule has 0 aromatic rings. The van der Waals surface area contributed by atoms with Crippen molar-refractivity contribution >= 4 is 65.6 Å². The third-order valence-electron chi connectivity index (χ3n) is 0.530. The fraction of sp³-hybridized carbons (Fsp3) is 0.960. The Morgan fingerprint density at radius 2 is 0.567 bits per heavy atom. The second-order valence-electron chi connectivity index (χ2n) is 2.03. The van der Waals surface area contributed by atoms with E-state index in [0.717, 1.165) is 12.1 Å². The van der Waals surface area contributed by atoms with E-state index in [2.05, 4.69) is 73.8 Å². The van der Waals surface area contributed by atoms with E-state index in [1.807, 2.05) is 104 Å². The molecule has 0 unspecified atom stereocenters. The van der Waals surface area contributed by atoms with E-state index in [-0.39, 0.29) is 34.6 Å². The van der Waals surface area contributed by atoms with Crippen LogP contribution in [0.4, 0.5) is 0 Å². The summed E-state index contributed by atoms with van der Waals surface area (Å²) in [5, 5.41) is 6.74. The maximum absolute atomic E-state index is 6.74. The summed E-state index contributed by atoms with van der Waals surface area (Å²) in [6.07, 6.45) is 2.14. The fourth-order valence-corrected chi connectivity index (χ4v) is 0. The van der Waals surface area contributed by atoms with Crippen molar-refractivity contribution in [1.82, 2.24) is 0 Å². The van der Waals surface area contributed by atoms with Crippen LogP contribution in [0.15, 0.2) is 0 Å². The van der Waals surface area contributed by atoms with Crippen LogP contribution in [0.3, 0.4) is 0 Å². The zero-order valence-electron chi connectivity index (χ0n) is 22.0. The van der Waals surface area contributed by atoms with Gasteiger partial charge in [0.2, 0.25) is 0 Å². The molecule has 0 saturated heterocycles. The Bertz CT molecular complexity index is 93.7. The van der Waals surface area contributed by atoms with Crippen molar-refractivity contribution < 1.29 is 4.92 Å². The monoisotopic (exact) mass is 821 g/mol. The first kappa shape index (κ1) is 94.3. The van der Waals surface area contributed by atoms with Gasteiger partial charge in [-0.05, 0) is 13.3 Å². The summed E-state index contributed by atoms with van der Waals surface area (Å²) in [6, 6.07) is 0. The van der Waals surface area contributed by atoms with Crippen LogP contribution in [-0.2, 0) is 4.92 Å². The number of halogens is 3. The van der Waals surface area contributed by atoms with Gasteiger partial charge in [0, 0.05) is 5.71 Å². The second kappa shape index (κ2) is 267. The molecule has 30 heavy (non-hydrogen) atoms. The molecule has 0 aromatic carbocycles. The van der Waals surface area contributed by atoms with E-state index in [9.17, 15) is 0 Å². The minimum atomic E-state index is -0.278. The average molecular weight is 822 g/mol. The first-order chi connectivity index (χ1) is 12.4. The molecule has 0 aliphatic rings. The topological polar surface area (TPSA) is 23.9 Å². The Morgan fingerprint density at radius 1 is 0.533 bits per heavy atom. The number of rotatable bonds is 1. The molecule has 0 aliphatic carbocycles. The average Bonchev–Trinajstić information content (AvgIpc) is 2.73. The molecule has 0 bridgehead atoms. The predicted octanol–water partition coefficient (Wildman–Crippen LogP) is 15.2. The van der Waals surface area contributed by atoms with Gasteiger partial charge in [0.25, 0.3) is 0 Å². The predicted molar refractivity (Wildman–Crippen MR) is 188 cm³/mol. The quantitative estimate of drug-likeness (QED) is 0.201. The molecule has 1 nitrogen and oxygen atoms in total. The van der Waals surface area contributed by atoms with E-state index < -0.39 is 0 Å². The molecule has 0 radical (unpaired) electrons. The first-order valence-corrected chi connectivity index (χ1v) is 24.3. The molecule has 0 rings (SSSR count). The summed E-state index contributed by atoms with van der Waals surface area (Å²) in [4.78, 5) is -0.278. The molecule has 0 spiro atoms. The summed E-state index contributed by atoms with van der Waals surface area (Å²) < 4.78 is 0. The Kier molecular flexibility index (Phi) is 840. The molecule has 0 aromatic heterocycles. The molecule has 0 amide bonds. The van der Waals surface area contributed by atoms with Gasteiger partial charge in [-0.15, -0.1) is 0 Å². The summed E-state index contributed by atoms with van der Waals surface area (Å²) in [5.41, 5.74) is 0.755. The van der Waals surface area contributed by atoms with Gasteiger partial charge >= 0.3 is 64.9 Å². The Hall–Kier alpha value is 2.44. The standard InChI is InChI=1S/C4H9N.C3H8.7C2H6.4CH4.3HI.V/c1-3-4(2)5;1-3-2;7*1-2;;;;;;;;/h5H,3H2,1-2H3;3H2,1-2H3;7*1-2H3;4*1H4;3*1H;/q;;;;;;;;;;;;;;;;+3/p-3. The van der Waals surface area contributed by atoms with Crippen molar-refractivity contribution in [1.29, 1.82) is 5.41 Å². The summed E-state index contributed by atoms with van der Waals surface area (Å²) in [5.74, 6) is 0. The zero-order valence-corrected chi connectivity index (χ0v) is 29.9. The summed E-state index contributed by atoms with van der Waals surface area (Å²) in [6.45, 7) is 36.0. The molecule has 5 heteroatoms. The van der Waals surface area contributed by atoms with Crippen molar-refractivity contribution in [3.63, 3.8) is 0 Å². The molecular weight excluding hydrogens is 746 g/mol. The van der Waals surface area contributed by atoms with Crippen LogP contribution in [0, 0.1) is 5.41 Å². The van der Waals surface area contributed by atoms with E-state index in [4.69, 9.17) is 5.41 Å². The molecule has 1 N–H and O–H groups in total. The van der Waals surface area contributed by atoms with E-state index >= 15 is 0 Å². The van der Waals surface area contributed by atoms with Crippen molar-refractivity contribution in [3.8, 4) is 0 Å². The van der Waals surface area contributed by atoms with Crippen LogP contribution in [0.1, 0.15) is 167 Å². The molecule has 0 atom stereocenters. The fourth-order valence-electron chi connectivity index (χ4n) is 0. The van der Waals surface area contributed by atoms with Crippen molar-refractivity contribution in [2.24, 2.45) is 0 Å². The molecule has 0 fully saturated rings. The van der Waals surface area contributed by atoms with Crippen molar-refractivity contribution in [2.75, 3.05) is 0 Å². The molecular formula is C25H75I3NV. The number of hydrogen-bond acceptors (Lipinski definition) is 1. The van der Waals surface area contributed by atoms with Gasteiger partial charge < -0.3 is 5.41 Å². The maximum atomic E-state index is 6.74. The Balaban J connectivity index is -0.00000000799. The van der Waals surface area contributed by atoms with Gasteiger partial charge in [-0.3, -0.25) is 0 Å². The van der Waals surface area contributed by atoms with Crippen LogP contribution in [0.25, 0.3) is 0 Å². The third kappa shape index (κ3) is 1340. The van der Waals surface area contributed by atoms with Crippen molar-refractivity contribution in [2.45, 2.75) is 167 Å². The molecule has 206 valence electrons. The van der Waals surface area contributed by atoms with Gasteiger partial charge in [-0.2, -0.15) is 0 Å². The Morgan fingerprint density at radius 3 is 0.567 bits per heavy atom. The second-order valence-corrected chi connectivity index (χ2v) is 37.4. The summed E-state index contributed by atoms with van der Waals surface area (Å²) in [7, 11) is 0. The molecule has 0 heterocycles. The SMILES string of the molecule is C.C.C.C.CC.CC.CC.CC.CC.CC.CC.CCC.CCC(C)=N.[I][V]([I])[I]. The van der Waals surface area contributed by atoms with Gasteiger partial charge in [0.05, 0.1) is 0 Å². The first-order valence-electron chi connectivity index (χ1n) is 10.7. The number of hydrogen-bond donors (Lipinski definition) is 1. The normalized spacial score (nSPS) is 4.47. The third-order valence-corrected chi connectivity index (χ3v) is 0.530. The van der Waals surface area contributed by atoms with E-state index in [0.29, 0.717) is 0 Å². The van der Waals surface area contributed by atoms with Crippen LogP contribution in [-0.4, -0.2) is 5.71 Å². The van der Waals surface area contributed by atoms with Gasteiger partial charge in [-0.25, -0.2) is 0 Å². The minimum absolute atomic E-state index is 0. The van der Waals surface area contributed by atoms with Crippen LogP contribution in [0.2, 0.25) is 0 Å². The van der Waals surface area contributed by atoms with Gasteiger partial charge in [-0.1, -0.05) is 154 Å². The van der Waals surface area contributed by atoms with Gasteiger partial charge in [0.15, 0.2) is 0 Å². The van der Waals surface area contributed by atoms with Crippen LogP contribution in [0.5, 0.6) is 0 Å². The van der Waals surface area contributed by atoms with Gasteiger partial charge in [0.1, 0.15) is 0 Å². The van der Waals surface area contributed by atoms with Crippen LogP contribution >= 0.6 is 59.9 Å². The molecule has 0 aliphatic heterocycles.